The van der Waals surface area contributed by atoms with E-state index in [1.165, 1.54) is 16.8 Å². The number of anilines is 1. The monoisotopic (exact) mass is 425 g/mol. The average molecular weight is 426 g/mol. The minimum absolute atomic E-state index is 0.0474. The van der Waals surface area contributed by atoms with Crippen LogP contribution >= 0.6 is 0 Å². The van der Waals surface area contributed by atoms with Crippen molar-refractivity contribution in [1.29, 1.82) is 0 Å². The Balaban J connectivity index is 1.56. The lowest BCUT2D eigenvalue weighted by Gasteiger charge is -2.19. The molecule has 0 aliphatic rings. The number of nitrogens with zero attached hydrogens (tertiary/aromatic N) is 2. The second kappa shape index (κ2) is 11.4. The van der Waals surface area contributed by atoms with Gasteiger partial charge in [0.05, 0.1) is 0 Å². The van der Waals surface area contributed by atoms with Crippen LogP contribution in [-0.2, 0) is 13.1 Å². The molecule has 0 fully saturated rings. The van der Waals surface area contributed by atoms with Crippen LogP contribution in [0.2, 0.25) is 0 Å². The van der Waals surface area contributed by atoms with Crippen LogP contribution in [0.15, 0.2) is 85.2 Å². The molecule has 0 atom stereocenters. The van der Waals surface area contributed by atoms with E-state index < -0.39 is 0 Å². The Morgan fingerprint density at radius 3 is 2.47 bits per heavy atom. The fourth-order valence-electron chi connectivity index (χ4n) is 3.40. The number of likely N-dealkylation sites (N-methyl/N-ethyl adjacent to an activating group) is 1. The van der Waals surface area contributed by atoms with Crippen molar-refractivity contribution >= 4 is 5.69 Å². The summed E-state index contributed by atoms with van der Waals surface area (Å²) in [6.07, 6.45) is 8.28. The van der Waals surface area contributed by atoms with Gasteiger partial charge in [-0.15, -0.1) is 0 Å². The van der Waals surface area contributed by atoms with E-state index >= 15 is 0 Å². The standard InChI is InChI=1S/C29H35N3/c1-5-31(18-8-6-7-17-29(2,3)4)24-26-14-11-15-27(21-26)30-23-25-13-12-16-28(22-25)32-19-9-10-20-32/h6,8-16,19-22,30H,5,18,23-24H2,1-4H3/b8-6+. The van der Waals surface area contributed by atoms with Gasteiger partial charge in [-0.05, 0) is 80.9 Å². The third-order valence-corrected chi connectivity index (χ3v) is 5.10. The molecular formula is C29H35N3. The molecule has 3 rings (SSSR count). The van der Waals surface area contributed by atoms with Crippen molar-refractivity contribution in [2.75, 3.05) is 18.4 Å². The Kier molecular flexibility index (Phi) is 8.36. The Morgan fingerprint density at radius 1 is 0.969 bits per heavy atom. The zero-order chi connectivity index (χ0) is 22.8. The fraction of sp³-hybridized carbons (Fsp3) is 0.310. The van der Waals surface area contributed by atoms with Gasteiger partial charge >= 0.3 is 0 Å². The van der Waals surface area contributed by atoms with Crippen LogP contribution in [0, 0.1) is 17.3 Å². The predicted molar refractivity (Wildman–Crippen MR) is 137 cm³/mol. The van der Waals surface area contributed by atoms with Gasteiger partial charge in [-0.3, -0.25) is 4.90 Å². The van der Waals surface area contributed by atoms with Crippen LogP contribution in [0.25, 0.3) is 5.69 Å². The van der Waals surface area contributed by atoms with E-state index in [1.807, 2.05) is 18.2 Å². The lowest BCUT2D eigenvalue weighted by Crippen LogP contribution is -2.22. The van der Waals surface area contributed by atoms with Crippen molar-refractivity contribution < 1.29 is 0 Å². The van der Waals surface area contributed by atoms with Gasteiger partial charge in [0.1, 0.15) is 0 Å². The number of nitrogens with one attached hydrogen (secondary N) is 1. The van der Waals surface area contributed by atoms with Crippen molar-refractivity contribution in [3.05, 3.63) is 96.3 Å². The highest BCUT2D eigenvalue weighted by Crippen LogP contribution is 2.16. The van der Waals surface area contributed by atoms with E-state index in [-0.39, 0.29) is 5.41 Å². The van der Waals surface area contributed by atoms with Crippen LogP contribution in [0.1, 0.15) is 38.8 Å². The number of allylic oxidation sites excluding steroid dienone is 1. The van der Waals surface area contributed by atoms with Crippen LogP contribution in [-0.4, -0.2) is 22.6 Å². The summed E-state index contributed by atoms with van der Waals surface area (Å²) >= 11 is 0. The first-order valence-corrected chi connectivity index (χ1v) is 11.4. The molecule has 1 aromatic heterocycles. The molecule has 1 N–H and O–H groups in total. The Morgan fingerprint density at radius 2 is 1.72 bits per heavy atom. The molecule has 0 saturated carbocycles. The molecule has 2 aromatic carbocycles. The first kappa shape index (κ1) is 23.4. The van der Waals surface area contributed by atoms with Crippen molar-refractivity contribution in [2.45, 2.75) is 40.8 Å². The molecule has 0 amide bonds. The maximum atomic E-state index is 3.58. The molecule has 1 heterocycles. The molecule has 0 spiro atoms. The Hall–Kier alpha value is -3.22. The van der Waals surface area contributed by atoms with Gasteiger partial charge in [-0.2, -0.15) is 0 Å². The summed E-state index contributed by atoms with van der Waals surface area (Å²) in [7, 11) is 0. The van der Waals surface area contributed by atoms with Crippen molar-refractivity contribution in [3.8, 4) is 17.5 Å². The highest BCUT2D eigenvalue weighted by atomic mass is 15.1. The van der Waals surface area contributed by atoms with Gasteiger partial charge in [0.15, 0.2) is 0 Å². The van der Waals surface area contributed by atoms with Gasteiger partial charge < -0.3 is 9.88 Å². The molecule has 32 heavy (non-hydrogen) atoms. The molecule has 0 bridgehead atoms. The van der Waals surface area contributed by atoms with Crippen molar-refractivity contribution in [2.24, 2.45) is 5.41 Å². The lowest BCUT2D eigenvalue weighted by atomic mass is 9.98. The number of benzene rings is 2. The maximum absolute atomic E-state index is 3.58. The molecule has 0 aliphatic heterocycles. The minimum atomic E-state index is 0.0474. The summed E-state index contributed by atoms with van der Waals surface area (Å²) in [6.45, 7) is 12.2. The summed E-state index contributed by atoms with van der Waals surface area (Å²) in [5, 5.41) is 3.58. The largest absolute Gasteiger partial charge is 0.381 e. The van der Waals surface area contributed by atoms with Crippen molar-refractivity contribution in [3.63, 3.8) is 0 Å². The SMILES string of the molecule is CCN(C/C=C/C#CC(C)(C)C)Cc1cccc(NCc2cccc(-n3cccc3)c2)c1. The van der Waals surface area contributed by atoms with Crippen molar-refractivity contribution in [1.82, 2.24) is 9.47 Å². The third kappa shape index (κ3) is 7.80. The number of rotatable bonds is 9. The van der Waals surface area contributed by atoms with Gasteiger partial charge in [-0.1, -0.05) is 49.1 Å². The first-order valence-electron chi connectivity index (χ1n) is 11.4. The van der Waals surface area contributed by atoms with E-state index in [0.29, 0.717) is 0 Å². The number of aromatic nitrogens is 1. The van der Waals surface area contributed by atoms with E-state index in [4.69, 9.17) is 0 Å². The minimum Gasteiger partial charge on any atom is -0.381 e. The van der Waals surface area contributed by atoms with Crippen LogP contribution in [0.5, 0.6) is 0 Å². The Labute approximate surface area is 193 Å². The van der Waals surface area contributed by atoms with E-state index in [2.05, 4.69) is 121 Å². The number of hydrogen-bond donors (Lipinski definition) is 1. The summed E-state index contributed by atoms with van der Waals surface area (Å²) in [4.78, 5) is 2.41. The van der Waals surface area contributed by atoms with E-state index in [0.717, 1.165) is 31.9 Å². The highest BCUT2D eigenvalue weighted by Gasteiger charge is 2.04. The molecule has 0 radical (unpaired) electrons. The fourth-order valence-corrected chi connectivity index (χ4v) is 3.40. The lowest BCUT2D eigenvalue weighted by molar-refractivity contribution is 0.311. The third-order valence-electron chi connectivity index (χ3n) is 5.10. The second-order valence-corrected chi connectivity index (χ2v) is 9.06. The van der Waals surface area contributed by atoms with Crippen LogP contribution in [0.4, 0.5) is 5.69 Å². The maximum Gasteiger partial charge on any atom is 0.0452 e. The Bertz CT molecular complexity index is 1060. The smallest absolute Gasteiger partial charge is 0.0452 e. The van der Waals surface area contributed by atoms with Crippen LogP contribution in [0.3, 0.4) is 0 Å². The zero-order valence-electron chi connectivity index (χ0n) is 19.8. The first-order chi connectivity index (χ1) is 15.4. The molecular weight excluding hydrogens is 390 g/mol. The topological polar surface area (TPSA) is 20.2 Å². The zero-order valence-corrected chi connectivity index (χ0v) is 19.8. The van der Waals surface area contributed by atoms with Gasteiger partial charge in [0.25, 0.3) is 0 Å². The highest BCUT2D eigenvalue weighted by molar-refractivity contribution is 5.47. The molecule has 3 aromatic rings. The molecule has 3 heteroatoms. The van der Waals surface area contributed by atoms with E-state index in [9.17, 15) is 0 Å². The van der Waals surface area contributed by atoms with Gasteiger partial charge in [0.2, 0.25) is 0 Å². The summed E-state index contributed by atoms with van der Waals surface area (Å²) < 4.78 is 2.13. The summed E-state index contributed by atoms with van der Waals surface area (Å²) in [5.41, 5.74) is 4.95. The quantitative estimate of drug-likeness (QED) is 0.394. The molecule has 3 nitrogen and oxygen atoms in total. The predicted octanol–water partition coefficient (Wildman–Crippen LogP) is 6.52. The van der Waals surface area contributed by atoms with E-state index in [1.54, 1.807) is 0 Å². The van der Waals surface area contributed by atoms with Gasteiger partial charge in [-0.25, -0.2) is 0 Å². The molecule has 0 unspecified atom stereocenters. The second-order valence-electron chi connectivity index (χ2n) is 9.06. The summed E-state index contributed by atoms with van der Waals surface area (Å²) in [5.74, 6) is 6.40. The average Bonchev–Trinajstić information content (AvgIpc) is 3.31. The summed E-state index contributed by atoms with van der Waals surface area (Å²) in [6, 6.07) is 21.4. The molecule has 166 valence electrons. The molecule has 0 saturated heterocycles. The molecule has 0 aliphatic carbocycles. The number of hydrogen-bond acceptors (Lipinski definition) is 2. The van der Waals surface area contributed by atoms with Crippen LogP contribution < -0.4 is 5.32 Å². The normalized spacial score (nSPS) is 11.5. The van der Waals surface area contributed by atoms with Gasteiger partial charge in [0, 0.05) is 48.8 Å².